The van der Waals surface area contributed by atoms with Gasteiger partial charge in [0.15, 0.2) is 11.7 Å². The van der Waals surface area contributed by atoms with Crippen LogP contribution in [-0.4, -0.2) is 48.3 Å². The summed E-state index contributed by atoms with van der Waals surface area (Å²) in [4.78, 5) is 13.2. The predicted octanol–water partition coefficient (Wildman–Crippen LogP) is 3.63. The fraction of sp³-hybridized carbons (Fsp3) is 0.682. The van der Waals surface area contributed by atoms with E-state index in [1.54, 1.807) is 0 Å². The molecule has 3 atom stereocenters. The van der Waals surface area contributed by atoms with Crippen LogP contribution < -0.4 is 0 Å². The van der Waals surface area contributed by atoms with Crippen LogP contribution in [0.4, 0.5) is 0 Å². The molecule has 0 amide bonds. The van der Waals surface area contributed by atoms with Gasteiger partial charge in [-0.3, -0.25) is 0 Å². The first kappa shape index (κ1) is 19.4. The van der Waals surface area contributed by atoms with Gasteiger partial charge in [-0.05, 0) is 24.8 Å². The first-order chi connectivity index (χ1) is 12.5. The number of hydrogen-bond donors (Lipinski definition) is 1. The smallest absolute Gasteiger partial charge is 0.343 e. The zero-order valence-electron chi connectivity index (χ0n) is 16.3. The minimum atomic E-state index is -1.51. The van der Waals surface area contributed by atoms with Crippen LogP contribution in [0.25, 0.3) is 0 Å². The van der Waals surface area contributed by atoms with Gasteiger partial charge in [0.1, 0.15) is 6.54 Å². The van der Waals surface area contributed by atoms with Crippen molar-refractivity contribution < 1.29 is 19.1 Å². The lowest BCUT2D eigenvalue weighted by Gasteiger charge is -2.33. The minimum Gasteiger partial charge on any atom is -0.454 e. The van der Waals surface area contributed by atoms with Crippen LogP contribution in [0.5, 0.6) is 0 Å². The molecule has 1 aromatic rings. The van der Waals surface area contributed by atoms with Crippen molar-refractivity contribution in [3.8, 4) is 0 Å². The van der Waals surface area contributed by atoms with Crippen molar-refractivity contribution in [1.82, 2.24) is 0 Å². The maximum atomic E-state index is 13.2. The SMILES string of the molecule is CCCC[N+]1(C)CC[C@@H](OC(=O)[C@@](O)(c2ccccc2)C2CCCC2)C1. The Balaban J connectivity index is 1.73. The molecule has 1 unspecified atom stereocenters. The highest BCUT2D eigenvalue weighted by atomic mass is 16.6. The molecule has 1 saturated carbocycles. The Bertz CT molecular complexity index is 599. The number of benzene rings is 1. The van der Waals surface area contributed by atoms with E-state index < -0.39 is 11.6 Å². The quantitative estimate of drug-likeness (QED) is 0.597. The first-order valence-electron chi connectivity index (χ1n) is 10.3. The predicted molar refractivity (Wildman–Crippen MR) is 102 cm³/mol. The second-order valence-corrected chi connectivity index (χ2v) is 8.53. The number of rotatable bonds is 7. The molecule has 3 rings (SSSR count). The molecule has 1 saturated heterocycles. The fourth-order valence-corrected chi connectivity index (χ4v) is 4.77. The Hall–Kier alpha value is -1.39. The average molecular weight is 361 g/mol. The van der Waals surface area contributed by atoms with Gasteiger partial charge in [-0.2, -0.15) is 0 Å². The third kappa shape index (κ3) is 3.96. The lowest BCUT2D eigenvalue weighted by atomic mass is 9.80. The Morgan fingerprint density at radius 1 is 1.23 bits per heavy atom. The van der Waals surface area contributed by atoms with Gasteiger partial charge in [0.25, 0.3) is 0 Å². The van der Waals surface area contributed by atoms with Gasteiger partial charge in [-0.25, -0.2) is 4.79 Å². The number of carbonyl (C=O) groups excluding carboxylic acids is 1. The van der Waals surface area contributed by atoms with Crippen molar-refractivity contribution >= 4 is 5.97 Å². The highest BCUT2D eigenvalue weighted by Gasteiger charge is 2.49. The van der Waals surface area contributed by atoms with Gasteiger partial charge in [0.2, 0.25) is 0 Å². The molecular weight excluding hydrogens is 326 g/mol. The normalized spacial score (nSPS) is 28.8. The number of carbonyl (C=O) groups is 1. The third-order valence-electron chi connectivity index (χ3n) is 6.43. The van der Waals surface area contributed by atoms with E-state index in [1.807, 2.05) is 30.3 Å². The van der Waals surface area contributed by atoms with Gasteiger partial charge < -0.3 is 14.3 Å². The number of quaternary nitrogens is 1. The number of nitrogens with zero attached hydrogens (tertiary/aromatic N) is 1. The third-order valence-corrected chi connectivity index (χ3v) is 6.43. The average Bonchev–Trinajstić information content (AvgIpc) is 3.31. The van der Waals surface area contributed by atoms with E-state index in [0.717, 1.165) is 56.2 Å². The largest absolute Gasteiger partial charge is 0.454 e. The topological polar surface area (TPSA) is 46.5 Å². The summed E-state index contributed by atoms with van der Waals surface area (Å²) in [6.45, 7) is 5.25. The maximum absolute atomic E-state index is 13.2. The van der Waals surface area contributed by atoms with Crippen molar-refractivity contribution in [2.75, 3.05) is 26.7 Å². The van der Waals surface area contributed by atoms with E-state index in [-0.39, 0.29) is 12.0 Å². The molecule has 1 N–H and O–H groups in total. The molecule has 1 aromatic carbocycles. The monoisotopic (exact) mass is 360 g/mol. The summed E-state index contributed by atoms with van der Waals surface area (Å²) in [6.07, 6.45) is 7.11. The first-order valence-corrected chi connectivity index (χ1v) is 10.3. The number of hydrogen-bond acceptors (Lipinski definition) is 3. The minimum absolute atomic E-state index is 0.0419. The van der Waals surface area contributed by atoms with Gasteiger partial charge >= 0.3 is 5.97 Å². The van der Waals surface area contributed by atoms with E-state index in [2.05, 4.69) is 14.0 Å². The summed E-state index contributed by atoms with van der Waals surface area (Å²) in [5, 5.41) is 11.5. The van der Waals surface area contributed by atoms with Gasteiger partial charge in [0, 0.05) is 12.3 Å². The highest BCUT2D eigenvalue weighted by Crippen LogP contribution is 2.42. The number of ether oxygens (including phenoxy) is 1. The van der Waals surface area contributed by atoms with Crippen LogP contribution in [-0.2, 0) is 15.1 Å². The number of esters is 1. The summed E-state index contributed by atoms with van der Waals surface area (Å²) in [7, 11) is 2.25. The zero-order valence-corrected chi connectivity index (χ0v) is 16.3. The van der Waals surface area contributed by atoms with Crippen molar-refractivity contribution in [3.63, 3.8) is 0 Å². The van der Waals surface area contributed by atoms with Crippen LogP contribution in [0.1, 0.15) is 57.4 Å². The highest BCUT2D eigenvalue weighted by molar-refractivity contribution is 5.81. The Labute approximate surface area is 157 Å². The van der Waals surface area contributed by atoms with Crippen molar-refractivity contribution in [3.05, 3.63) is 35.9 Å². The fourth-order valence-electron chi connectivity index (χ4n) is 4.77. The second-order valence-electron chi connectivity index (χ2n) is 8.53. The lowest BCUT2D eigenvalue weighted by molar-refractivity contribution is -0.899. The zero-order chi connectivity index (χ0) is 18.6. The summed E-state index contributed by atoms with van der Waals surface area (Å²) in [5.74, 6) is -0.482. The van der Waals surface area contributed by atoms with Crippen LogP contribution in [0.2, 0.25) is 0 Å². The van der Waals surface area contributed by atoms with Crippen LogP contribution in [0.15, 0.2) is 30.3 Å². The molecule has 2 fully saturated rings. The van der Waals surface area contributed by atoms with E-state index in [9.17, 15) is 9.90 Å². The summed E-state index contributed by atoms with van der Waals surface area (Å²) >= 11 is 0. The summed E-state index contributed by atoms with van der Waals surface area (Å²) < 4.78 is 6.89. The van der Waals surface area contributed by atoms with Crippen LogP contribution in [0, 0.1) is 5.92 Å². The van der Waals surface area contributed by atoms with Gasteiger partial charge in [-0.15, -0.1) is 0 Å². The lowest BCUT2D eigenvalue weighted by Crippen LogP contribution is -2.47. The van der Waals surface area contributed by atoms with Crippen molar-refractivity contribution in [2.45, 2.75) is 63.6 Å². The Kier molecular flexibility index (Phi) is 6.03. The number of unbranched alkanes of at least 4 members (excludes halogenated alkanes) is 1. The van der Waals surface area contributed by atoms with E-state index in [4.69, 9.17) is 4.74 Å². The Morgan fingerprint density at radius 2 is 1.92 bits per heavy atom. The molecule has 1 aliphatic heterocycles. The second kappa shape index (κ2) is 8.10. The molecule has 0 bridgehead atoms. The summed E-state index contributed by atoms with van der Waals surface area (Å²) in [6, 6.07) is 9.40. The maximum Gasteiger partial charge on any atom is 0.343 e. The molecule has 1 heterocycles. The molecule has 2 aliphatic rings. The molecule has 0 spiro atoms. The Morgan fingerprint density at radius 3 is 2.58 bits per heavy atom. The molecule has 1 aliphatic carbocycles. The molecule has 144 valence electrons. The van der Waals surface area contributed by atoms with Crippen molar-refractivity contribution in [2.24, 2.45) is 5.92 Å². The van der Waals surface area contributed by atoms with Crippen molar-refractivity contribution in [1.29, 1.82) is 0 Å². The molecule has 4 nitrogen and oxygen atoms in total. The van der Waals surface area contributed by atoms with Crippen LogP contribution in [0.3, 0.4) is 0 Å². The standard InChI is InChI=1S/C22H34NO3/c1-3-4-15-23(2)16-14-20(17-23)26-21(24)22(25,19-12-8-9-13-19)18-10-6-5-7-11-18/h5-7,10-11,19-20,25H,3-4,8-9,12-17H2,1-2H3/q+1/t20-,22-,23?/m1/s1. The molecule has 0 aromatic heterocycles. The number of aliphatic hydroxyl groups is 1. The molecule has 4 heteroatoms. The molecule has 26 heavy (non-hydrogen) atoms. The molecular formula is C22H34NO3+. The molecule has 0 radical (unpaired) electrons. The van der Waals surface area contributed by atoms with E-state index in [0.29, 0.717) is 5.56 Å². The number of likely N-dealkylation sites (tertiary alicyclic amines) is 1. The van der Waals surface area contributed by atoms with Gasteiger partial charge in [0.05, 0.1) is 20.1 Å². The van der Waals surface area contributed by atoms with E-state index in [1.165, 1.54) is 12.8 Å². The van der Waals surface area contributed by atoms with Crippen LogP contribution >= 0.6 is 0 Å². The van der Waals surface area contributed by atoms with E-state index >= 15 is 0 Å². The van der Waals surface area contributed by atoms with Gasteiger partial charge in [-0.1, -0.05) is 56.5 Å². The summed E-state index contributed by atoms with van der Waals surface area (Å²) in [5.41, 5.74) is -0.828. The number of likely N-dealkylation sites (N-methyl/N-ethyl adjacent to an activating group) is 1.